The van der Waals surface area contributed by atoms with Crippen LogP contribution in [0.3, 0.4) is 0 Å². The molecule has 0 atom stereocenters. The summed E-state index contributed by atoms with van der Waals surface area (Å²) in [6.07, 6.45) is 0. The average Bonchev–Trinajstić information content (AvgIpc) is 1.86. The third kappa shape index (κ3) is 2.72. The first-order valence-electron chi connectivity index (χ1n) is 1.72. The maximum atomic E-state index is 4.03. The summed E-state index contributed by atoms with van der Waals surface area (Å²) in [7, 11) is 0. The van der Waals surface area contributed by atoms with Gasteiger partial charge in [0.25, 0.3) is 0 Å². The molecule has 42 valence electrons. The van der Waals surface area contributed by atoms with Gasteiger partial charge in [-0.3, -0.25) is 4.99 Å². The number of halogens is 2. The maximum absolute atomic E-state index is 4.03. The summed E-state index contributed by atoms with van der Waals surface area (Å²) < 4.78 is 1.06. The monoisotopic (exact) mass is 245 g/mol. The lowest BCUT2D eigenvalue weighted by molar-refractivity contribution is 1.18. The van der Waals surface area contributed by atoms with Crippen molar-refractivity contribution in [3.05, 3.63) is 0 Å². The molecule has 1 rings (SSSR count). The standard InChI is InChI=1S/C3H4BrNS.BrH/c4-3-5-1-2-6-3;/h1-2H2;1H. The largest absolute Gasteiger partial charge is 0.270 e. The Bertz CT molecular complexity index is 83.0. The van der Waals surface area contributed by atoms with Gasteiger partial charge < -0.3 is 0 Å². The van der Waals surface area contributed by atoms with Crippen molar-refractivity contribution in [3.8, 4) is 0 Å². The van der Waals surface area contributed by atoms with Crippen LogP contribution in [-0.2, 0) is 0 Å². The zero-order chi connectivity index (χ0) is 4.41. The Morgan fingerprint density at radius 2 is 2.43 bits per heavy atom. The molecule has 1 heterocycles. The molecule has 0 aromatic rings. The van der Waals surface area contributed by atoms with E-state index in [1.807, 2.05) is 0 Å². The normalized spacial score (nSPS) is 18.1. The van der Waals surface area contributed by atoms with Crippen molar-refractivity contribution in [1.29, 1.82) is 0 Å². The van der Waals surface area contributed by atoms with Crippen LogP contribution >= 0.6 is 44.7 Å². The molecule has 1 aliphatic rings. The van der Waals surface area contributed by atoms with E-state index in [1.165, 1.54) is 0 Å². The molecule has 4 heteroatoms. The number of hydrogen-bond acceptors (Lipinski definition) is 2. The van der Waals surface area contributed by atoms with Crippen LogP contribution in [0.5, 0.6) is 0 Å². The van der Waals surface area contributed by atoms with E-state index in [0.29, 0.717) is 0 Å². The molecule has 0 saturated carbocycles. The molecule has 0 aromatic carbocycles. The summed E-state index contributed by atoms with van der Waals surface area (Å²) in [5.41, 5.74) is 0. The van der Waals surface area contributed by atoms with Crippen molar-refractivity contribution < 1.29 is 0 Å². The third-order valence-corrected chi connectivity index (χ3v) is 2.24. The van der Waals surface area contributed by atoms with Gasteiger partial charge in [-0.1, -0.05) is 11.8 Å². The Morgan fingerprint density at radius 1 is 1.71 bits per heavy atom. The molecule has 0 aromatic heterocycles. The SMILES string of the molecule is Br.BrC1=NCCS1. The fourth-order valence-corrected chi connectivity index (χ4v) is 1.51. The second-order valence-electron chi connectivity index (χ2n) is 0.983. The lowest BCUT2D eigenvalue weighted by Gasteiger charge is -1.74. The predicted molar refractivity (Wildman–Crippen MR) is 44.0 cm³/mol. The molecule has 0 radical (unpaired) electrons. The summed E-state index contributed by atoms with van der Waals surface area (Å²) in [5, 5.41) is 0. The third-order valence-electron chi connectivity index (χ3n) is 0.549. The van der Waals surface area contributed by atoms with Crippen LogP contribution in [0.1, 0.15) is 0 Å². The number of thioether (sulfide) groups is 1. The molecule has 7 heavy (non-hydrogen) atoms. The Balaban J connectivity index is 0.000000360. The van der Waals surface area contributed by atoms with E-state index in [-0.39, 0.29) is 17.0 Å². The molecular formula is C3H5Br2NS. The number of hydrogen-bond donors (Lipinski definition) is 0. The Morgan fingerprint density at radius 3 is 2.57 bits per heavy atom. The van der Waals surface area contributed by atoms with Gasteiger partial charge in [0.05, 0.1) is 6.54 Å². The van der Waals surface area contributed by atoms with Gasteiger partial charge in [-0.05, 0) is 15.9 Å². The molecule has 0 amide bonds. The van der Waals surface area contributed by atoms with E-state index < -0.39 is 0 Å². The van der Waals surface area contributed by atoms with Crippen LogP contribution in [0.2, 0.25) is 0 Å². The molecule has 0 N–H and O–H groups in total. The molecule has 0 fully saturated rings. The molecule has 0 bridgehead atoms. The number of rotatable bonds is 0. The Hall–Kier alpha value is 0.980. The predicted octanol–water partition coefficient (Wildman–Crippen LogP) is 2.06. The van der Waals surface area contributed by atoms with Crippen LogP contribution < -0.4 is 0 Å². The minimum Gasteiger partial charge on any atom is -0.270 e. The van der Waals surface area contributed by atoms with Crippen molar-refractivity contribution in [3.63, 3.8) is 0 Å². The molecular weight excluding hydrogens is 242 g/mol. The van der Waals surface area contributed by atoms with Crippen LogP contribution in [0, 0.1) is 0 Å². The summed E-state index contributed by atoms with van der Waals surface area (Å²) >= 11 is 5.02. The van der Waals surface area contributed by atoms with Crippen molar-refractivity contribution in [1.82, 2.24) is 0 Å². The summed E-state index contributed by atoms with van der Waals surface area (Å²) in [5.74, 6) is 1.15. The molecule has 0 saturated heterocycles. The number of nitrogens with zero attached hydrogens (tertiary/aromatic N) is 1. The highest BCUT2D eigenvalue weighted by Crippen LogP contribution is 2.15. The molecule has 0 aliphatic carbocycles. The highest BCUT2D eigenvalue weighted by Gasteiger charge is 1.99. The van der Waals surface area contributed by atoms with Crippen LogP contribution in [0.15, 0.2) is 4.99 Å². The van der Waals surface area contributed by atoms with E-state index in [9.17, 15) is 0 Å². The first-order valence-corrected chi connectivity index (χ1v) is 3.50. The molecule has 1 nitrogen and oxygen atoms in total. The second-order valence-corrected chi connectivity index (χ2v) is 3.34. The maximum Gasteiger partial charge on any atom is 0.134 e. The fourth-order valence-electron chi connectivity index (χ4n) is 0.309. The zero-order valence-electron chi connectivity index (χ0n) is 3.56. The highest BCUT2D eigenvalue weighted by molar-refractivity contribution is 9.22. The van der Waals surface area contributed by atoms with Crippen LogP contribution in [-0.4, -0.2) is 16.3 Å². The van der Waals surface area contributed by atoms with Gasteiger partial charge in [-0.25, -0.2) is 0 Å². The first-order chi connectivity index (χ1) is 2.89. The quantitative estimate of drug-likeness (QED) is 0.638. The molecule has 0 unspecified atom stereocenters. The second kappa shape index (κ2) is 3.92. The first kappa shape index (κ1) is 7.98. The summed E-state index contributed by atoms with van der Waals surface area (Å²) in [4.78, 5) is 4.03. The van der Waals surface area contributed by atoms with Crippen LogP contribution in [0.25, 0.3) is 0 Å². The van der Waals surface area contributed by atoms with Gasteiger partial charge >= 0.3 is 0 Å². The smallest absolute Gasteiger partial charge is 0.134 e. The van der Waals surface area contributed by atoms with Gasteiger partial charge in [-0.15, -0.1) is 17.0 Å². The van der Waals surface area contributed by atoms with Gasteiger partial charge in [-0.2, -0.15) is 0 Å². The van der Waals surface area contributed by atoms with Gasteiger partial charge in [0.1, 0.15) is 3.95 Å². The minimum absolute atomic E-state index is 0. The van der Waals surface area contributed by atoms with Gasteiger partial charge in [0, 0.05) is 5.75 Å². The van der Waals surface area contributed by atoms with E-state index >= 15 is 0 Å². The average molecular weight is 247 g/mol. The summed E-state index contributed by atoms with van der Waals surface area (Å²) in [6.45, 7) is 0.991. The van der Waals surface area contributed by atoms with Crippen molar-refractivity contribution in [2.24, 2.45) is 4.99 Å². The van der Waals surface area contributed by atoms with Crippen LogP contribution in [0.4, 0.5) is 0 Å². The zero-order valence-corrected chi connectivity index (χ0v) is 7.67. The topological polar surface area (TPSA) is 12.4 Å². The van der Waals surface area contributed by atoms with Gasteiger partial charge in [0.2, 0.25) is 0 Å². The number of aliphatic imine (C=N–C) groups is 1. The highest BCUT2D eigenvalue weighted by atomic mass is 79.9. The minimum atomic E-state index is 0. The molecule has 0 spiro atoms. The van der Waals surface area contributed by atoms with Crippen molar-refractivity contribution in [2.75, 3.05) is 12.3 Å². The van der Waals surface area contributed by atoms with E-state index in [0.717, 1.165) is 16.3 Å². The van der Waals surface area contributed by atoms with E-state index in [1.54, 1.807) is 11.8 Å². The van der Waals surface area contributed by atoms with Gasteiger partial charge in [0.15, 0.2) is 0 Å². The van der Waals surface area contributed by atoms with Crippen molar-refractivity contribution >= 4 is 48.6 Å². The Labute approximate surface area is 65.9 Å². The fraction of sp³-hybridized carbons (Fsp3) is 0.667. The lowest BCUT2D eigenvalue weighted by Crippen LogP contribution is -1.69. The van der Waals surface area contributed by atoms with Crippen molar-refractivity contribution in [2.45, 2.75) is 0 Å². The Kier molecular flexibility index (Phi) is 4.47. The van der Waals surface area contributed by atoms with E-state index in [2.05, 4.69) is 20.9 Å². The lowest BCUT2D eigenvalue weighted by atomic mass is 10.8. The molecule has 1 aliphatic heterocycles. The summed E-state index contributed by atoms with van der Waals surface area (Å²) in [6, 6.07) is 0. The van der Waals surface area contributed by atoms with E-state index in [4.69, 9.17) is 0 Å².